The van der Waals surface area contributed by atoms with Crippen LogP contribution in [0.15, 0.2) is 0 Å². The maximum absolute atomic E-state index is 3.84. The second-order valence-electron chi connectivity index (χ2n) is 7.05. The van der Waals surface area contributed by atoms with Crippen molar-refractivity contribution in [2.24, 2.45) is 5.41 Å². The maximum atomic E-state index is 3.84. The van der Waals surface area contributed by atoms with Gasteiger partial charge in [-0.25, -0.2) is 0 Å². The Bertz CT molecular complexity index is 231. The van der Waals surface area contributed by atoms with Crippen LogP contribution < -0.4 is 10.6 Å². The molecular formula is C15H30N2. The first-order chi connectivity index (χ1) is 8.05. The van der Waals surface area contributed by atoms with Crippen LogP contribution in [0.2, 0.25) is 0 Å². The van der Waals surface area contributed by atoms with Crippen molar-refractivity contribution in [2.45, 2.75) is 83.8 Å². The Labute approximate surface area is 107 Å². The summed E-state index contributed by atoms with van der Waals surface area (Å²) in [5.41, 5.74) is 0.570. The molecule has 17 heavy (non-hydrogen) atoms. The fourth-order valence-electron chi connectivity index (χ4n) is 3.60. The molecule has 0 aromatic carbocycles. The number of piperidine rings is 1. The smallest absolute Gasteiger partial charge is 0.00817 e. The highest BCUT2D eigenvalue weighted by atomic mass is 15.0. The molecule has 0 aromatic heterocycles. The summed E-state index contributed by atoms with van der Waals surface area (Å²) >= 11 is 0. The quantitative estimate of drug-likeness (QED) is 0.786. The topological polar surface area (TPSA) is 24.1 Å². The van der Waals surface area contributed by atoms with Gasteiger partial charge in [-0.3, -0.25) is 0 Å². The standard InChI is InChI=1S/C15H30N2/c1-12(10-13-6-4-5-9-16-13)17-14-7-8-15(2,3)11-14/h12-14,16-17H,4-11H2,1-3H3. The van der Waals surface area contributed by atoms with Crippen LogP contribution in [0.25, 0.3) is 0 Å². The number of hydrogen-bond acceptors (Lipinski definition) is 2. The van der Waals surface area contributed by atoms with Crippen molar-refractivity contribution in [3.63, 3.8) is 0 Å². The molecule has 2 fully saturated rings. The van der Waals surface area contributed by atoms with Gasteiger partial charge in [0.1, 0.15) is 0 Å². The first-order valence-corrected chi connectivity index (χ1v) is 7.55. The van der Waals surface area contributed by atoms with Crippen LogP contribution in [0, 0.1) is 5.41 Å². The van der Waals surface area contributed by atoms with E-state index in [1.54, 1.807) is 0 Å². The van der Waals surface area contributed by atoms with Gasteiger partial charge >= 0.3 is 0 Å². The average Bonchev–Trinajstić information content (AvgIpc) is 2.59. The first kappa shape index (κ1) is 13.4. The lowest BCUT2D eigenvalue weighted by atomic mass is 9.91. The Hall–Kier alpha value is -0.0800. The van der Waals surface area contributed by atoms with E-state index in [0.717, 1.165) is 12.1 Å². The minimum atomic E-state index is 0.570. The molecule has 0 bridgehead atoms. The van der Waals surface area contributed by atoms with Crippen molar-refractivity contribution in [2.75, 3.05) is 6.54 Å². The molecule has 2 N–H and O–H groups in total. The van der Waals surface area contributed by atoms with Crippen LogP contribution in [-0.4, -0.2) is 24.7 Å². The van der Waals surface area contributed by atoms with Crippen molar-refractivity contribution >= 4 is 0 Å². The monoisotopic (exact) mass is 238 g/mol. The summed E-state index contributed by atoms with van der Waals surface area (Å²) in [5.74, 6) is 0. The Kier molecular flexibility index (Phi) is 4.48. The van der Waals surface area contributed by atoms with Gasteiger partial charge in [0.05, 0.1) is 0 Å². The summed E-state index contributed by atoms with van der Waals surface area (Å²) in [6, 6.07) is 2.20. The van der Waals surface area contributed by atoms with E-state index in [1.807, 2.05) is 0 Å². The minimum absolute atomic E-state index is 0.570. The molecule has 2 heteroatoms. The Morgan fingerprint density at radius 2 is 2.12 bits per heavy atom. The Morgan fingerprint density at radius 1 is 1.29 bits per heavy atom. The van der Waals surface area contributed by atoms with E-state index in [0.29, 0.717) is 11.5 Å². The molecule has 3 unspecified atom stereocenters. The molecule has 3 atom stereocenters. The number of rotatable bonds is 4. The summed E-state index contributed by atoms with van der Waals surface area (Å²) in [4.78, 5) is 0. The largest absolute Gasteiger partial charge is 0.314 e. The van der Waals surface area contributed by atoms with Gasteiger partial charge < -0.3 is 10.6 Å². The summed E-state index contributed by atoms with van der Waals surface area (Å²) in [6.07, 6.45) is 9.58. The van der Waals surface area contributed by atoms with Crippen LogP contribution in [0.5, 0.6) is 0 Å². The molecule has 100 valence electrons. The highest BCUT2D eigenvalue weighted by Gasteiger charge is 2.31. The van der Waals surface area contributed by atoms with E-state index < -0.39 is 0 Å². The molecule has 1 aliphatic heterocycles. The van der Waals surface area contributed by atoms with Crippen LogP contribution in [0.4, 0.5) is 0 Å². The van der Waals surface area contributed by atoms with E-state index in [2.05, 4.69) is 31.4 Å². The van der Waals surface area contributed by atoms with Crippen molar-refractivity contribution < 1.29 is 0 Å². The molecule has 1 aliphatic carbocycles. The zero-order valence-corrected chi connectivity index (χ0v) is 11.9. The Morgan fingerprint density at radius 3 is 2.71 bits per heavy atom. The lowest BCUT2D eigenvalue weighted by Crippen LogP contribution is -2.42. The average molecular weight is 238 g/mol. The molecule has 1 saturated carbocycles. The third-order valence-corrected chi connectivity index (χ3v) is 4.54. The van der Waals surface area contributed by atoms with Gasteiger partial charge in [0.2, 0.25) is 0 Å². The summed E-state index contributed by atoms with van der Waals surface area (Å²) in [6.45, 7) is 8.40. The third kappa shape index (κ3) is 4.26. The van der Waals surface area contributed by atoms with Crippen LogP contribution >= 0.6 is 0 Å². The minimum Gasteiger partial charge on any atom is -0.314 e. The number of nitrogens with one attached hydrogen (secondary N) is 2. The predicted molar refractivity (Wildman–Crippen MR) is 74.3 cm³/mol. The lowest BCUT2D eigenvalue weighted by Gasteiger charge is -2.28. The van der Waals surface area contributed by atoms with E-state index in [-0.39, 0.29) is 0 Å². The van der Waals surface area contributed by atoms with E-state index in [4.69, 9.17) is 0 Å². The SMILES string of the molecule is CC(CC1CCCCN1)NC1CCC(C)(C)C1. The second-order valence-corrected chi connectivity index (χ2v) is 7.05. The predicted octanol–water partition coefficient (Wildman–Crippen LogP) is 3.08. The molecule has 2 aliphatic rings. The van der Waals surface area contributed by atoms with Crippen molar-refractivity contribution in [1.29, 1.82) is 0 Å². The van der Waals surface area contributed by atoms with E-state index in [9.17, 15) is 0 Å². The molecule has 2 nitrogen and oxygen atoms in total. The zero-order chi connectivity index (χ0) is 12.3. The molecule has 0 radical (unpaired) electrons. The summed E-state index contributed by atoms with van der Waals surface area (Å²) in [7, 11) is 0. The molecule has 0 amide bonds. The van der Waals surface area contributed by atoms with Crippen LogP contribution in [-0.2, 0) is 0 Å². The first-order valence-electron chi connectivity index (χ1n) is 7.55. The van der Waals surface area contributed by atoms with Crippen LogP contribution in [0.1, 0.15) is 65.7 Å². The maximum Gasteiger partial charge on any atom is 0.00817 e. The molecule has 2 rings (SSSR count). The van der Waals surface area contributed by atoms with E-state index >= 15 is 0 Å². The zero-order valence-electron chi connectivity index (χ0n) is 11.9. The van der Waals surface area contributed by atoms with Gasteiger partial charge in [-0.05, 0) is 57.4 Å². The van der Waals surface area contributed by atoms with Gasteiger partial charge in [-0.2, -0.15) is 0 Å². The van der Waals surface area contributed by atoms with E-state index in [1.165, 1.54) is 51.5 Å². The molecular weight excluding hydrogens is 208 g/mol. The Balaban J connectivity index is 1.68. The molecule has 0 aromatic rings. The molecule has 1 saturated heterocycles. The molecule has 1 heterocycles. The van der Waals surface area contributed by atoms with Crippen molar-refractivity contribution in [3.05, 3.63) is 0 Å². The van der Waals surface area contributed by atoms with Crippen molar-refractivity contribution in [1.82, 2.24) is 10.6 Å². The fraction of sp³-hybridized carbons (Fsp3) is 1.00. The lowest BCUT2D eigenvalue weighted by molar-refractivity contribution is 0.316. The van der Waals surface area contributed by atoms with Gasteiger partial charge in [0.25, 0.3) is 0 Å². The second kappa shape index (κ2) is 5.71. The summed E-state index contributed by atoms with van der Waals surface area (Å²) < 4.78 is 0. The highest BCUT2D eigenvalue weighted by Crippen LogP contribution is 2.37. The fourth-order valence-corrected chi connectivity index (χ4v) is 3.60. The van der Waals surface area contributed by atoms with Gasteiger partial charge in [-0.15, -0.1) is 0 Å². The summed E-state index contributed by atoms with van der Waals surface area (Å²) in [5, 5.41) is 7.49. The molecule has 0 spiro atoms. The normalized spacial score (nSPS) is 34.8. The van der Waals surface area contributed by atoms with Crippen molar-refractivity contribution in [3.8, 4) is 0 Å². The number of hydrogen-bond donors (Lipinski definition) is 2. The third-order valence-electron chi connectivity index (χ3n) is 4.54. The van der Waals surface area contributed by atoms with Gasteiger partial charge in [0.15, 0.2) is 0 Å². The van der Waals surface area contributed by atoms with Gasteiger partial charge in [-0.1, -0.05) is 20.3 Å². The van der Waals surface area contributed by atoms with Crippen LogP contribution in [0.3, 0.4) is 0 Å². The van der Waals surface area contributed by atoms with Gasteiger partial charge in [0, 0.05) is 18.1 Å². The highest BCUT2D eigenvalue weighted by molar-refractivity contribution is 4.88.